The Bertz CT molecular complexity index is 1170. The Kier molecular flexibility index (Phi) is 5.35. The SMILES string of the molecule is Cc1nn(Cc2ccccc2)c(C)c1NC(=O)CSc1nc2ccc(F)cc2[nH]1. The van der Waals surface area contributed by atoms with Crippen LogP contribution in [0.1, 0.15) is 17.0 Å². The molecule has 6 nitrogen and oxygen atoms in total. The highest BCUT2D eigenvalue weighted by Crippen LogP contribution is 2.23. The average molecular weight is 409 g/mol. The summed E-state index contributed by atoms with van der Waals surface area (Å²) in [5.41, 5.74) is 4.84. The number of hydrogen-bond donors (Lipinski definition) is 2. The molecule has 0 aliphatic carbocycles. The number of fused-ring (bicyclic) bond motifs is 1. The molecule has 2 N–H and O–H groups in total. The van der Waals surface area contributed by atoms with Crippen LogP contribution in [0.3, 0.4) is 0 Å². The lowest BCUT2D eigenvalue weighted by Gasteiger charge is -2.07. The standard InChI is InChI=1S/C21H20FN5OS/c1-13-20(14(2)27(26-13)11-15-6-4-3-5-7-15)25-19(28)12-29-21-23-17-9-8-16(22)10-18(17)24-21/h3-10H,11-12H2,1-2H3,(H,23,24)(H,25,28). The van der Waals surface area contributed by atoms with Crippen LogP contribution >= 0.6 is 11.8 Å². The van der Waals surface area contributed by atoms with Crippen molar-refractivity contribution >= 4 is 34.4 Å². The van der Waals surface area contributed by atoms with Crippen LogP contribution in [0.2, 0.25) is 0 Å². The molecule has 0 spiro atoms. The van der Waals surface area contributed by atoms with Gasteiger partial charge in [-0.05, 0) is 37.6 Å². The Morgan fingerprint density at radius 3 is 2.79 bits per heavy atom. The zero-order valence-electron chi connectivity index (χ0n) is 16.1. The molecule has 0 atom stereocenters. The number of carbonyl (C=O) groups is 1. The maximum Gasteiger partial charge on any atom is 0.234 e. The molecule has 0 saturated carbocycles. The number of aromatic amines is 1. The van der Waals surface area contributed by atoms with Crippen molar-refractivity contribution < 1.29 is 9.18 Å². The highest BCUT2D eigenvalue weighted by atomic mass is 32.2. The third-order valence-electron chi connectivity index (χ3n) is 4.58. The Hall–Kier alpha value is -3.13. The van der Waals surface area contributed by atoms with Gasteiger partial charge < -0.3 is 10.3 Å². The number of benzene rings is 2. The van der Waals surface area contributed by atoms with E-state index in [1.807, 2.05) is 48.9 Å². The number of anilines is 1. The number of nitrogens with zero attached hydrogens (tertiary/aromatic N) is 3. The highest BCUT2D eigenvalue weighted by Gasteiger charge is 2.15. The van der Waals surface area contributed by atoms with E-state index in [4.69, 9.17) is 0 Å². The first kappa shape index (κ1) is 19.2. The van der Waals surface area contributed by atoms with E-state index in [1.165, 1.54) is 23.9 Å². The van der Waals surface area contributed by atoms with E-state index < -0.39 is 0 Å². The van der Waals surface area contributed by atoms with E-state index in [0.29, 0.717) is 22.7 Å². The van der Waals surface area contributed by atoms with E-state index in [-0.39, 0.29) is 17.5 Å². The number of aromatic nitrogens is 4. The normalized spacial score (nSPS) is 11.1. The molecule has 4 rings (SSSR count). The van der Waals surface area contributed by atoms with Crippen LogP contribution in [0.5, 0.6) is 0 Å². The Balaban J connectivity index is 1.41. The van der Waals surface area contributed by atoms with E-state index in [0.717, 1.165) is 22.6 Å². The Morgan fingerprint density at radius 1 is 1.21 bits per heavy atom. The molecular weight excluding hydrogens is 389 g/mol. The molecule has 148 valence electrons. The maximum absolute atomic E-state index is 13.3. The van der Waals surface area contributed by atoms with Gasteiger partial charge in [-0.25, -0.2) is 9.37 Å². The van der Waals surface area contributed by atoms with E-state index in [9.17, 15) is 9.18 Å². The number of H-pyrrole nitrogens is 1. The molecular formula is C21H20FN5OS. The summed E-state index contributed by atoms with van der Waals surface area (Å²) >= 11 is 1.27. The summed E-state index contributed by atoms with van der Waals surface area (Å²) in [6.45, 7) is 4.47. The molecule has 0 radical (unpaired) electrons. The topological polar surface area (TPSA) is 75.6 Å². The summed E-state index contributed by atoms with van der Waals surface area (Å²) in [7, 11) is 0. The summed E-state index contributed by atoms with van der Waals surface area (Å²) in [5.74, 6) is -0.286. The van der Waals surface area contributed by atoms with Crippen molar-refractivity contribution in [1.82, 2.24) is 19.7 Å². The zero-order chi connectivity index (χ0) is 20.4. The first-order valence-electron chi connectivity index (χ1n) is 9.15. The number of hydrogen-bond acceptors (Lipinski definition) is 4. The molecule has 2 aromatic heterocycles. The monoisotopic (exact) mass is 409 g/mol. The average Bonchev–Trinajstić information content (AvgIpc) is 3.22. The lowest BCUT2D eigenvalue weighted by molar-refractivity contribution is -0.113. The summed E-state index contributed by atoms with van der Waals surface area (Å²) < 4.78 is 15.2. The molecule has 29 heavy (non-hydrogen) atoms. The zero-order valence-corrected chi connectivity index (χ0v) is 16.9. The predicted molar refractivity (Wildman–Crippen MR) is 113 cm³/mol. The Morgan fingerprint density at radius 2 is 2.00 bits per heavy atom. The van der Waals surface area contributed by atoms with Crippen molar-refractivity contribution in [3.8, 4) is 0 Å². The number of nitrogens with one attached hydrogen (secondary N) is 2. The fraction of sp³-hybridized carbons (Fsp3) is 0.190. The quantitative estimate of drug-likeness (QED) is 0.466. The third-order valence-corrected chi connectivity index (χ3v) is 5.46. The van der Waals surface area contributed by atoms with Crippen LogP contribution in [0.4, 0.5) is 10.1 Å². The van der Waals surface area contributed by atoms with Crippen molar-refractivity contribution in [2.24, 2.45) is 0 Å². The molecule has 2 aromatic carbocycles. The van der Waals surface area contributed by atoms with Crippen molar-refractivity contribution in [1.29, 1.82) is 0 Å². The molecule has 0 fully saturated rings. The lowest BCUT2D eigenvalue weighted by Crippen LogP contribution is -2.15. The number of rotatable bonds is 6. The van der Waals surface area contributed by atoms with Gasteiger partial charge in [-0.3, -0.25) is 9.48 Å². The van der Waals surface area contributed by atoms with Crippen molar-refractivity contribution in [3.63, 3.8) is 0 Å². The molecule has 8 heteroatoms. The van der Waals surface area contributed by atoms with Crippen LogP contribution in [0, 0.1) is 19.7 Å². The second-order valence-corrected chi connectivity index (χ2v) is 7.69. The van der Waals surface area contributed by atoms with Gasteiger partial charge in [0.2, 0.25) is 5.91 Å². The number of carbonyl (C=O) groups excluding carboxylic acids is 1. The van der Waals surface area contributed by atoms with Gasteiger partial charge in [-0.15, -0.1) is 0 Å². The predicted octanol–water partition coefficient (Wildman–Crippen LogP) is 4.29. The smallest absolute Gasteiger partial charge is 0.234 e. The van der Waals surface area contributed by atoms with E-state index >= 15 is 0 Å². The van der Waals surface area contributed by atoms with Crippen LogP contribution in [-0.2, 0) is 11.3 Å². The minimum Gasteiger partial charge on any atom is -0.333 e. The minimum atomic E-state index is -0.325. The van der Waals surface area contributed by atoms with Gasteiger partial charge in [-0.2, -0.15) is 5.10 Å². The van der Waals surface area contributed by atoms with Crippen LogP contribution in [-0.4, -0.2) is 31.4 Å². The van der Waals surface area contributed by atoms with Gasteiger partial charge >= 0.3 is 0 Å². The molecule has 0 aliphatic rings. The summed E-state index contributed by atoms with van der Waals surface area (Å²) in [6.07, 6.45) is 0. The molecule has 0 unspecified atom stereocenters. The van der Waals surface area contributed by atoms with E-state index in [2.05, 4.69) is 20.4 Å². The summed E-state index contributed by atoms with van der Waals surface area (Å²) in [5, 5.41) is 8.09. The minimum absolute atomic E-state index is 0.146. The number of amides is 1. The summed E-state index contributed by atoms with van der Waals surface area (Å²) in [6, 6.07) is 14.4. The first-order valence-corrected chi connectivity index (χ1v) is 10.1. The van der Waals surface area contributed by atoms with Crippen molar-refractivity contribution in [2.45, 2.75) is 25.5 Å². The molecule has 1 amide bonds. The molecule has 4 aromatic rings. The first-order chi connectivity index (χ1) is 14.0. The van der Waals surface area contributed by atoms with Gasteiger partial charge in [0.15, 0.2) is 5.16 Å². The number of thioether (sulfide) groups is 1. The van der Waals surface area contributed by atoms with Gasteiger partial charge in [0, 0.05) is 0 Å². The Labute approximate surface area is 171 Å². The fourth-order valence-corrected chi connectivity index (χ4v) is 3.81. The molecule has 0 aliphatic heterocycles. The van der Waals surface area contributed by atoms with Gasteiger partial charge in [0.05, 0.1) is 40.4 Å². The third kappa shape index (κ3) is 4.32. The summed E-state index contributed by atoms with van der Waals surface area (Å²) in [4.78, 5) is 19.8. The number of aryl methyl sites for hydroxylation is 1. The lowest BCUT2D eigenvalue weighted by atomic mass is 10.2. The van der Waals surface area contributed by atoms with E-state index in [1.54, 1.807) is 6.07 Å². The highest BCUT2D eigenvalue weighted by molar-refractivity contribution is 7.99. The van der Waals surface area contributed by atoms with Gasteiger partial charge in [0.1, 0.15) is 5.82 Å². The molecule has 2 heterocycles. The number of imidazole rings is 1. The molecule has 0 bridgehead atoms. The maximum atomic E-state index is 13.3. The van der Waals surface area contributed by atoms with Gasteiger partial charge in [-0.1, -0.05) is 42.1 Å². The fourth-order valence-electron chi connectivity index (χ4n) is 3.12. The van der Waals surface area contributed by atoms with Crippen LogP contribution < -0.4 is 5.32 Å². The second kappa shape index (κ2) is 8.08. The van der Waals surface area contributed by atoms with Gasteiger partial charge in [0.25, 0.3) is 0 Å². The van der Waals surface area contributed by atoms with Crippen molar-refractivity contribution in [3.05, 3.63) is 71.3 Å². The second-order valence-electron chi connectivity index (χ2n) is 6.73. The van der Waals surface area contributed by atoms with Crippen LogP contribution in [0.15, 0.2) is 53.7 Å². The largest absolute Gasteiger partial charge is 0.333 e. The number of halogens is 1. The van der Waals surface area contributed by atoms with Crippen LogP contribution in [0.25, 0.3) is 11.0 Å². The van der Waals surface area contributed by atoms with Crippen molar-refractivity contribution in [2.75, 3.05) is 11.1 Å². The molecule has 0 saturated heterocycles.